The van der Waals surface area contributed by atoms with Gasteiger partial charge in [-0.2, -0.15) is 0 Å². The first-order chi connectivity index (χ1) is 7.16. The van der Waals surface area contributed by atoms with Crippen LogP contribution in [0.1, 0.15) is 13.3 Å². The van der Waals surface area contributed by atoms with E-state index in [1.807, 2.05) is 0 Å². The fourth-order valence-electron chi connectivity index (χ4n) is 2.10. The first kappa shape index (κ1) is 11.0. The Balaban J connectivity index is 2.04. The minimum atomic E-state index is 0.311. The topological polar surface area (TPSA) is 29.3 Å². The summed E-state index contributed by atoms with van der Waals surface area (Å²) in [5, 5.41) is 0. The third-order valence-corrected chi connectivity index (χ3v) is 3.69. The van der Waals surface area contributed by atoms with E-state index in [9.17, 15) is 0 Å². The standard InChI is InChI=1S/C12H17BrN2/c1-9(14)10-6-7-15(8-10)12-4-2-11(13)3-5-12/h2-5,9-10H,6-8,14H2,1H3. The van der Waals surface area contributed by atoms with Crippen molar-refractivity contribution in [1.82, 2.24) is 0 Å². The van der Waals surface area contributed by atoms with Gasteiger partial charge in [0.15, 0.2) is 0 Å². The normalized spacial score (nSPS) is 23.1. The summed E-state index contributed by atoms with van der Waals surface area (Å²) < 4.78 is 1.13. The zero-order valence-electron chi connectivity index (χ0n) is 8.99. The molecule has 0 spiro atoms. The maximum atomic E-state index is 5.93. The molecule has 0 aliphatic carbocycles. The molecule has 0 aromatic heterocycles. The highest BCUT2D eigenvalue weighted by atomic mass is 79.9. The number of hydrogen-bond acceptors (Lipinski definition) is 2. The third kappa shape index (κ3) is 2.52. The van der Waals surface area contributed by atoms with Crippen molar-refractivity contribution in [3.63, 3.8) is 0 Å². The molecule has 0 bridgehead atoms. The number of benzene rings is 1. The molecule has 1 aromatic carbocycles. The van der Waals surface area contributed by atoms with Gasteiger partial charge in [0.1, 0.15) is 0 Å². The molecule has 0 saturated carbocycles. The predicted octanol–water partition coefficient (Wildman–Crippen LogP) is 2.62. The molecule has 3 heteroatoms. The lowest BCUT2D eigenvalue weighted by Crippen LogP contribution is -2.29. The molecule has 1 aliphatic rings. The minimum absolute atomic E-state index is 0.311. The van der Waals surface area contributed by atoms with Gasteiger partial charge in [-0.3, -0.25) is 0 Å². The number of hydrogen-bond donors (Lipinski definition) is 1. The number of anilines is 1. The van der Waals surface area contributed by atoms with Crippen LogP contribution in [0, 0.1) is 5.92 Å². The van der Waals surface area contributed by atoms with E-state index < -0.39 is 0 Å². The van der Waals surface area contributed by atoms with Crippen LogP contribution in [-0.4, -0.2) is 19.1 Å². The van der Waals surface area contributed by atoms with Gasteiger partial charge in [-0.1, -0.05) is 15.9 Å². The third-order valence-electron chi connectivity index (χ3n) is 3.16. The Hall–Kier alpha value is -0.540. The van der Waals surface area contributed by atoms with E-state index in [0.29, 0.717) is 12.0 Å². The molecule has 2 atom stereocenters. The molecule has 0 amide bonds. The highest BCUT2D eigenvalue weighted by molar-refractivity contribution is 9.10. The van der Waals surface area contributed by atoms with Crippen molar-refractivity contribution < 1.29 is 0 Å². The van der Waals surface area contributed by atoms with Gasteiger partial charge >= 0.3 is 0 Å². The highest BCUT2D eigenvalue weighted by Gasteiger charge is 2.25. The SMILES string of the molecule is CC(N)C1CCN(c2ccc(Br)cc2)C1. The molecular formula is C12H17BrN2. The molecule has 1 saturated heterocycles. The van der Waals surface area contributed by atoms with E-state index in [1.54, 1.807) is 0 Å². The van der Waals surface area contributed by atoms with Crippen molar-refractivity contribution in [3.8, 4) is 0 Å². The average molecular weight is 269 g/mol. The zero-order valence-corrected chi connectivity index (χ0v) is 10.6. The summed E-state index contributed by atoms with van der Waals surface area (Å²) in [7, 11) is 0. The minimum Gasteiger partial charge on any atom is -0.371 e. The summed E-state index contributed by atoms with van der Waals surface area (Å²) in [6, 6.07) is 8.81. The monoisotopic (exact) mass is 268 g/mol. The second kappa shape index (κ2) is 4.54. The maximum absolute atomic E-state index is 5.93. The van der Waals surface area contributed by atoms with Crippen molar-refractivity contribution in [2.75, 3.05) is 18.0 Å². The van der Waals surface area contributed by atoms with Crippen LogP contribution in [0.15, 0.2) is 28.7 Å². The van der Waals surface area contributed by atoms with Crippen LogP contribution < -0.4 is 10.6 Å². The Morgan fingerprint density at radius 2 is 2.07 bits per heavy atom. The van der Waals surface area contributed by atoms with Gasteiger partial charge in [-0.15, -0.1) is 0 Å². The lowest BCUT2D eigenvalue weighted by molar-refractivity contribution is 0.488. The number of halogens is 1. The highest BCUT2D eigenvalue weighted by Crippen LogP contribution is 2.26. The molecule has 15 heavy (non-hydrogen) atoms. The Labute approximate surface area is 99.6 Å². The van der Waals surface area contributed by atoms with E-state index in [-0.39, 0.29) is 0 Å². The second-order valence-electron chi connectivity index (χ2n) is 4.33. The van der Waals surface area contributed by atoms with E-state index in [1.165, 1.54) is 12.1 Å². The molecule has 82 valence electrons. The lowest BCUT2D eigenvalue weighted by Gasteiger charge is -2.20. The van der Waals surface area contributed by atoms with Gasteiger partial charge in [0.05, 0.1) is 0 Å². The zero-order chi connectivity index (χ0) is 10.8. The van der Waals surface area contributed by atoms with Crippen molar-refractivity contribution in [3.05, 3.63) is 28.7 Å². The Kier molecular flexibility index (Phi) is 3.32. The summed E-state index contributed by atoms with van der Waals surface area (Å²) >= 11 is 3.45. The van der Waals surface area contributed by atoms with Crippen LogP contribution in [0.3, 0.4) is 0 Å². The summed E-state index contributed by atoms with van der Waals surface area (Å²) in [5.74, 6) is 0.647. The van der Waals surface area contributed by atoms with Crippen molar-refractivity contribution in [2.45, 2.75) is 19.4 Å². The van der Waals surface area contributed by atoms with E-state index in [2.05, 4.69) is 52.0 Å². The van der Waals surface area contributed by atoms with Crippen molar-refractivity contribution in [2.24, 2.45) is 11.7 Å². The Morgan fingerprint density at radius 3 is 2.60 bits per heavy atom. The van der Waals surface area contributed by atoms with Crippen molar-refractivity contribution in [1.29, 1.82) is 0 Å². The van der Waals surface area contributed by atoms with Gasteiger partial charge in [0.25, 0.3) is 0 Å². The van der Waals surface area contributed by atoms with Crippen LogP contribution in [0.2, 0.25) is 0 Å². The molecule has 1 aliphatic heterocycles. The first-order valence-electron chi connectivity index (χ1n) is 5.43. The molecule has 1 heterocycles. The largest absolute Gasteiger partial charge is 0.371 e. The van der Waals surface area contributed by atoms with Crippen molar-refractivity contribution >= 4 is 21.6 Å². The van der Waals surface area contributed by atoms with Gasteiger partial charge in [-0.05, 0) is 43.5 Å². The van der Waals surface area contributed by atoms with Gasteiger partial charge in [0.2, 0.25) is 0 Å². The predicted molar refractivity (Wildman–Crippen MR) is 68.1 cm³/mol. The fraction of sp³-hybridized carbons (Fsp3) is 0.500. The van der Waals surface area contributed by atoms with Crippen LogP contribution in [0.25, 0.3) is 0 Å². The van der Waals surface area contributed by atoms with Crippen LogP contribution >= 0.6 is 15.9 Å². The molecule has 2 nitrogen and oxygen atoms in total. The average Bonchev–Trinajstić information content (AvgIpc) is 2.68. The van der Waals surface area contributed by atoms with Gasteiger partial charge in [-0.25, -0.2) is 0 Å². The quantitative estimate of drug-likeness (QED) is 0.894. The molecule has 2 unspecified atom stereocenters. The lowest BCUT2D eigenvalue weighted by atomic mass is 10.0. The number of rotatable bonds is 2. The van der Waals surface area contributed by atoms with Gasteiger partial charge < -0.3 is 10.6 Å². The molecule has 2 N–H and O–H groups in total. The van der Waals surface area contributed by atoms with E-state index in [4.69, 9.17) is 5.73 Å². The van der Waals surface area contributed by atoms with Crippen LogP contribution in [-0.2, 0) is 0 Å². The number of nitrogens with two attached hydrogens (primary N) is 1. The maximum Gasteiger partial charge on any atom is 0.0367 e. The molecule has 0 radical (unpaired) electrons. The van der Waals surface area contributed by atoms with Gasteiger partial charge in [0, 0.05) is 29.3 Å². The summed E-state index contributed by atoms with van der Waals surface area (Å²) in [5.41, 5.74) is 7.23. The molecule has 2 rings (SSSR count). The Morgan fingerprint density at radius 1 is 1.40 bits per heavy atom. The molecule has 1 aromatic rings. The molecule has 1 fully saturated rings. The number of nitrogens with zero attached hydrogens (tertiary/aromatic N) is 1. The smallest absolute Gasteiger partial charge is 0.0367 e. The second-order valence-corrected chi connectivity index (χ2v) is 5.25. The fourth-order valence-corrected chi connectivity index (χ4v) is 2.37. The van der Waals surface area contributed by atoms with Crippen LogP contribution in [0.5, 0.6) is 0 Å². The van der Waals surface area contributed by atoms with E-state index >= 15 is 0 Å². The van der Waals surface area contributed by atoms with Crippen LogP contribution in [0.4, 0.5) is 5.69 Å². The summed E-state index contributed by atoms with van der Waals surface area (Å²) in [6.07, 6.45) is 1.22. The first-order valence-corrected chi connectivity index (χ1v) is 6.22. The summed E-state index contributed by atoms with van der Waals surface area (Å²) in [6.45, 7) is 4.34. The Bertz CT molecular complexity index is 321. The summed E-state index contributed by atoms with van der Waals surface area (Å²) in [4.78, 5) is 2.42. The molecular weight excluding hydrogens is 252 g/mol. The van der Waals surface area contributed by atoms with E-state index in [0.717, 1.165) is 17.6 Å².